The fraction of sp³-hybridized carbons (Fsp3) is 0.333. The van der Waals surface area contributed by atoms with Crippen molar-refractivity contribution in [1.82, 2.24) is 20.0 Å². The number of piperidine rings is 1. The number of benzene rings is 2. The summed E-state index contributed by atoms with van der Waals surface area (Å²) in [6.45, 7) is 2.48. The maximum atomic E-state index is 13.4. The number of fused-ring (bicyclic) bond motifs is 1. The molecule has 40 heavy (non-hydrogen) atoms. The average molecular weight is 593 g/mol. The summed E-state index contributed by atoms with van der Waals surface area (Å²) in [4.78, 5) is 29.0. The number of halogens is 4. The third-order valence-electron chi connectivity index (χ3n) is 6.34. The lowest BCUT2D eigenvalue weighted by molar-refractivity contribution is -0.138. The number of rotatable bonds is 5. The van der Waals surface area contributed by atoms with Crippen molar-refractivity contribution >= 4 is 57.3 Å². The first kappa shape index (κ1) is 29.6. The van der Waals surface area contributed by atoms with Crippen LogP contribution in [0.4, 0.5) is 13.2 Å². The molecule has 2 aromatic carbocycles. The van der Waals surface area contributed by atoms with E-state index in [1.165, 1.54) is 47.8 Å². The minimum atomic E-state index is -4.51. The number of alkyl halides is 3. The van der Waals surface area contributed by atoms with E-state index in [4.69, 9.17) is 17.3 Å². The van der Waals surface area contributed by atoms with Gasteiger partial charge in [-0.25, -0.2) is 0 Å². The Kier molecular flexibility index (Phi) is 9.54. The normalized spacial score (nSPS) is 18.2. The van der Waals surface area contributed by atoms with Gasteiger partial charge in [0, 0.05) is 17.5 Å². The van der Waals surface area contributed by atoms with Crippen LogP contribution in [0.15, 0.2) is 52.5 Å². The summed E-state index contributed by atoms with van der Waals surface area (Å²) in [5.74, 6) is -0.430. The predicted molar refractivity (Wildman–Crippen MR) is 152 cm³/mol. The van der Waals surface area contributed by atoms with Crippen LogP contribution in [0, 0.1) is 0 Å². The second kappa shape index (κ2) is 12.9. The van der Waals surface area contributed by atoms with Crippen molar-refractivity contribution in [2.45, 2.75) is 32.0 Å². The quantitative estimate of drug-likeness (QED) is 0.410. The summed E-state index contributed by atoms with van der Waals surface area (Å²) in [7, 11) is 1.59. The van der Waals surface area contributed by atoms with E-state index in [2.05, 4.69) is 20.3 Å². The molecule has 2 saturated heterocycles. The molecule has 2 aliphatic heterocycles. The van der Waals surface area contributed by atoms with Gasteiger partial charge < -0.3 is 11.1 Å². The zero-order chi connectivity index (χ0) is 28.9. The fourth-order valence-corrected chi connectivity index (χ4v) is 5.41. The van der Waals surface area contributed by atoms with E-state index < -0.39 is 11.7 Å². The number of nitrogens with two attached hydrogens (primary N) is 1. The number of carbonyl (C=O) groups excluding carboxylic acids is 2. The molecular formula is C27H28ClF3N6O2S. The van der Waals surface area contributed by atoms with Gasteiger partial charge in [-0.05, 0) is 79.2 Å². The van der Waals surface area contributed by atoms with Crippen molar-refractivity contribution in [2.24, 2.45) is 10.7 Å². The molecule has 8 nitrogen and oxygen atoms in total. The predicted octanol–water partition coefficient (Wildman–Crippen LogP) is 4.90. The number of hydrogen-bond donors (Lipinski definition) is 2. The van der Waals surface area contributed by atoms with Crippen molar-refractivity contribution < 1.29 is 22.8 Å². The first-order valence-corrected chi connectivity index (χ1v) is 13.7. The van der Waals surface area contributed by atoms with Crippen molar-refractivity contribution in [1.29, 1.82) is 0 Å². The molecule has 2 amide bonds. The van der Waals surface area contributed by atoms with Crippen molar-refractivity contribution in [3.63, 3.8) is 0 Å². The van der Waals surface area contributed by atoms with E-state index in [1.54, 1.807) is 31.5 Å². The number of aromatic nitrogens is 2. The zero-order valence-electron chi connectivity index (χ0n) is 21.7. The molecular weight excluding hydrogens is 565 g/mol. The smallest absolute Gasteiger partial charge is 0.369 e. The Hall–Kier alpha value is -3.35. The van der Waals surface area contributed by atoms with E-state index in [1.807, 2.05) is 6.07 Å². The van der Waals surface area contributed by atoms with Crippen LogP contribution in [-0.2, 0) is 22.3 Å². The summed E-state index contributed by atoms with van der Waals surface area (Å²) in [5.41, 5.74) is 5.80. The van der Waals surface area contributed by atoms with Crippen LogP contribution < -0.4 is 11.1 Å². The van der Waals surface area contributed by atoms with Gasteiger partial charge in [0.1, 0.15) is 0 Å². The molecule has 0 unspecified atom stereocenters. The summed E-state index contributed by atoms with van der Waals surface area (Å²) in [6.07, 6.45) is 2.54. The number of hydrogen-bond acceptors (Lipinski definition) is 6. The molecule has 2 fully saturated rings. The molecule has 212 valence electrons. The first-order chi connectivity index (χ1) is 19.0. The number of amidine groups is 1. The topological polar surface area (TPSA) is 106 Å². The number of aliphatic imine (C=N–C) groups is 1. The third-order valence-corrected chi connectivity index (χ3v) is 7.58. The summed E-state index contributed by atoms with van der Waals surface area (Å²) >= 11 is 6.99. The Morgan fingerprint density at radius 3 is 2.60 bits per heavy atom. The zero-order valence-corrected chi connectivity index (χ0v) is 23.2. The van der Waals surface area contributed by atoms with Gasteiger partial charge in [0.25, 0.3) is 5.91 Å². The highest BCUT2D eigenvalue weighted by Gasteiger charge is 2.33. The van der Waals surface area contributed by atoms with E-state index in [9.17, 15) is 22.8 Å². The highest BCUT2D eigenvalue weighted by Crippen LogP contribution is 2.34. The van der Waals surface area contributed by atoms with Crippen molar-refractivity contribution in [2.75, 3.05) is 26.7 Å². The Bertz CT molecular complexity index is 1460. The van der Waals surface area contributed by atoms with Gasteiger partial charge in [0.15, 0.2) is 5.17 Å². The first-order valence-electron chi connectivity index (χ1n) is 12.5. The monoisotopic (exact) mass is 592 g/mol. The van der Waals surface area contributed by atoms with Gasteiger partial charge in [0.2, 0.25) is 5.91 Å². The number of thioether (sulfide) groups is 1. The lowest BCUT2D eigenvalue weighted by Gasteiger charge is -2.24. The highest BCUT2D eigenvalue weighted by molar-refractivity contribution is 8.18. The second-order valence-electron chi connectivity index (χ2n) is 9.32. The summed E-state index contributed by atoms with van der Waals surface area (Å²) in [5, 5.41) is 8.20. The molecule has 0 radical (unpaired) electrons. The van der Waals surface area contributed by atoms with Gasteiger partial charge >= 0.3 is 6.18 Å². The molecule has 0 spiro atoms. The minimum absolute atomic E-state index is 0.0270. The number of carbonyl (C=O) groups is 2. The summed E-state index contributed by atoms with van der Waals surface area (Å²) in [6, 6.07) is 9.10. The molecule has 0 aliphatic carbocycles. The van der Waals surface area contributed by atoms with Gasteiger partial charge in [-0.15, -0.1) is 0 Å². The van der Waals surface area contributed by atoms with Gasteiger partial charge in [0.05, 0.1) is 35.3 Å². The van der Waals surface area contributed by atoms with Crippen LogP contribution >= 0.6 is 23.4 Å². The van der Waals surface area contributed by atoms with Crippen molar-refractivity contribution in [3.05, 3.63) is 69.2 Å². The molecule has 2 aliphatic rings. The number of nitrogens with one attached hydrogen (secondary N) is 1. The lowest BCUT2D eigenvalue weighted by atomic mass is 10.1. The van der Waals surface area contributed by atoms with Crippen molar-refractivity contribution in [3.8, 4) is 0 Å². The highest BCUT2D eigenvalue weighted by atomic mass is 35.5. The maximum absolute atomic E-state index is 13.4. The Morgan fingerprint density at radius 2 is 1.95 bits per heavy atom. The van der Waals surface area contributed by atoms with E-state index in [0.717, 1.165) is 30.1 Å². The fourth-order valence-electron chi connectivity index (χ4n) is 4.45. The number of amides is 2. The SMILES string of the molecule is CN=C1NC(=O)/C(=C/c2ccc3c(cnn3Cc3ccc(Cl)cc3C(F)(F)F)c2)S1.NC(=O)CN1CCCCC1. The largest absolute Gasteiger partial charge is 0.416 e. The molecule has 1 aromatic heterocycles. The second-order valence-corrected chi connectivity index (χ2v) is 10.8. The lowest BCUT2D eigenvalue weighted by Crippen LogP contribution is -2.37. The van der Waals surface area contributed by atoms with Crippen LogP contribution in [0.5, 0.6) is 0 Å². The van der Waals surface area contributed by atoms with Crippen LogP contribution in [0.25, 0.3) is 17.0 Å². The molecule has 5 rings (SSSR count). The van der Waals surface area contributed by atoms with Crippen LogP contribution in [0.3, 0.4) is 0 Å². The molecule has 0 bridgehead atoms. The molecule has 13 heteroatoms. The molecule has 0 saturated carbocycles. The van der Waals surface area contributed by atoms with Crippen LogP contribution in [0.1, 0.15) is 36.0 Å². The van der Waals surface area contributed by atoms with E-state index >= 15 is 0 Å². The Balaban J connectivity index is 0.000000312. The van der Waals surface area contributed by atoms with Gasteiger partial charge in [-0.3, -0.25) is 24.2 Å². The van der Waals surface area contributed by atoms with Crippen LogP contribution in [0.2, 0.25) is 5.02 Å². The number of nitrogens with zero attached hydrogens (tertiary/aromatic N) is 4. The molecule has 3 heterocycles. The molecule has 3 N–H and O–H groups in total. The average Bonchev–Trinajstić information content (AvgIpc) is 3.47. The molecule has 0 atom stereocenters. The van der Waals surface area contributed by atoms with Gasteiger partial charge in [-0.1, -0.05) is 30.2 Å². The van der Waals surface area contributed by atoms with Gasteiger partial charge in [-0.2, -0.15) is 18.3 Å². The Morgan fingerprint density at radius 1 is 1.20 bits per heavy atom. The maximum Gasteiger partial charge on any atom is 0.416 e. The molecule has 3 aromatic rings. The van der Waals surface area contributed by atoms with E-state index in [-0.39, 0.29) is 28.9 Å². The Labute approximate surface area is 238 Å². The van der Waals surface area contributed by atoms with Crippen LogP contribution in [-0.4, -0.2) is 58.3 Å². The number of primary amides is 1. The minimum Gasteiger partial charge on any atom is -0.369 e. The summed E-state index contributed by atoms with van der Waals surface area (Å²) < 4.78 is 41.6. The third kappa shape index (κ3) is 7.64. The standard InChI is InChI=1S/C20H14ClF3N4OS.C7H14N2O/c1-25-19-27-18(29)17(30-19)7-11-2-5-16-13(6-11)9-26-28(16)10-12-3-4-14(21)8-15(12)20(22,23)24;8-7(10)6-9-4-2-1-3-5-9/h2-9H,10H2,1H3,(H,25,27,29);1-6H2,(H2,8,10)/b17-7-;. The number of likely N-dealkylation sites (tertiary alicyclic amines) is 1. The van der Waals surface area contributed by atoms with E-state index in [0.29, 0.717) is 22.1 Å².